The average Bonchev–Trinajstić information content (AvgIpc) is 2.46. The van der Waals surface area contributed by atoms with Crippen LogP contribution in [0.4, 0.5) is 23.2 Å². The average molecular weight is 283 g/mol. The number of alkyl halides is 4. The minimum absolute atomic E-state index is 0.0571. The number of hydrogen-bond acceptors (Lipinski definition) is 1. The first-order valence-electron chi connectivity index (χ1n) is 6.04. The van der Waals surface area contributed by atoms with Gasteiger partial charge in [-0.3, -0.25) is 0 Å². The second-order valence-electron chi connectivity index (χ2n) is 4.30. The van der Waals surface area contributed by atoms with Crippen molar-refractivity contribution in [3.63, 3.8) is 0 Å². The van der Waals surface area contributed by atoms with Gasteiger partial charge in [-0.05, 0) is 17.7 Å². The van der Waals surface area contributed by atoms with Crippen LogP contribution >= 0.6 is 0 Å². The Morgan fingerprint density at radius 2 is 1.35 bits per heavy atom. The third-order valence-electron chi connectivity index (χ3n) is 2.87. The lowest BCUT2D eigenvalue weighted by Crippen LogP contribution is -2.46. The van der Waals surface area contributed by atoms with E-state index in [0.29, 0.717) is 10.5 Å². The van der Waals surface area contributed by atoms with Gasteiger partial charge in [-0.2, -0.15) is 8.78 Å². The highest BCUT2D eigenvalue weighted by atomic mass is 19.3. The van der Waals surface area contributed by atoms with Crippen LogP contribution in [0.5, 0.6) is 0 Å². The molecule has 0 spiro atoms. The van der Waals surface area contributed by atoms with Crippen LogP contribution in [0, 0.1) is 0 Å². The molecule has 20 heavy (non-hydrogen) atoms. The molecule has 0 aliphatic heterocycles. The predicted octanol–water partition coefficient (Wildman–Crippen LogP) is 4.55. The van der Waals surface area contributed by atoms with Crippen molar-refractivity contribution in [1.29, 1.82) is 0 Å². The lowest BCUT2D eigenvalue weighted by atomic mass is 10.2. The summed E-state index contributed by atoms with van der Waals surface area (Å²) in [7, 11) is 0. The third kappa shape index (κ3) is 3.10. The van der Waals surface area contributed by atoms with Crippen molar-refractivity contribution in [2.24, 2.45) is 0 Å². The van der Waals surface area contributed by atoms with Gasteiger partial charge >= 0.3 is 12.5 Å². The first-order valence-corrected chi connectivity index (χ1v) is 6.04. The highest BCUT2D eigenvalue weighted by Gasteiger charge is 2.47. The molecule has 0 amide bonds. The zero-order valence-electron chi connectivity index (χ0n) is 10.5. The zero-order chi connectivity index (χ0) is 14.6. The summed E-state index contributed by atoms with van der Waals surface area (Å²) in [6, 6.07) is 11.6. The lowest BCUT2D eigenvalue weighted by molar-refractivity contribution is -0.129. The van der Waals surface area contributed by atoms with Crippen LogP contribution < -0.4 is 4.90 Å². The summed E-state index contributed by atoms with van der Waals surface area (Å²) in [5.74, 6) is 0. The number of nitrogens with zero attached hydrogens (tertiary/aromatic N) is 1. The SMILES string of the molecule is FC(F)C(F)(F)N(Cc1ccccc1)c1ccccc1. The lowest BCUT2D eigenvalue weighted by Gasteiger charge is -2.32. The van der Waals surface area contributed by atoms with Crippen LogP contribution in [-0.2, 0) is 6.54 Å². The van der Waals surface area contributed by atoms with E-state index in [2.05, 4.69) is 0 Å². The summed E-state index contributed by atoms with van der Waals surface area (Å²) in [6.45, 7) is -0.289. The number of benzene rings is 2. The van der Waals surface area contributed by atoms with Crippen molar-refractivity contribution in [3.05, 3.63) is 66.2 Å². The summed E-state index contributed by atoms with van der Waals surface area (Å²) in [5.41, 5.74) is 0.596. The molecule has 2 aromatic rings. The molecule has 0 atom stereocenters. The Morgan fingerprint density at radius 1 is 0.850 bits per heavy atom. The Hall–Kier alpha value is -2.04. The van der Waals surface area contributed by atoms with E-state index >= 15 is 0 Å². The van der Waals surface area contributed by atoms with E-state index in [9.17, 15) is 17.6 Å². The van der Waals surface area contributed by atoms with E-state index in [0.717, 1.165) is 0 Å². The van der Waals surface area contributed by atoms with Crippen LogP contribution in [0.3, 0.4) is 0 Å². The summed E-state index contributed by atoms with van der Waals surface area (Å²) < 4.78 is 52.8. The summed E-state index contributed by atoms with van der Waals surface area (Å²) in [5, 5.41) is 0. The van der Waals surface area contributed by atoms with Crippen molar-refractivity contribution in [1.82, 2.24) is 0 Å². The molecule has 0 N–H and O–H groups in total. The monoisotopic (exact) mass is 283 g/mol. The maximum Gasteiger partial charge on any atom is 0.386 e. The van der Waals surface area contributed by atoms with Gasteiger partial charge in [0, 0.05) is 12.2 Å². The van der Waals surface area contributed by atoms with Crippen molar-refractivity contribution >= 4 is 5.69 Å². The molecule has 0 aliphatic rings. The van der Waals surface area contributed by atoms with Crippen molar-refractivity contribution in [2.75, 3.05) is 4.90 Å². The fourth-order valence-corrected chi connectivity index (χ4v) is 1.86. The molecule has 5 heteroatoms. The summed E-state index contributed by atoms with van der Waals surface area (Å²) >= 11 is 0. The van der Waals surface area contributed by atoms with Crippen molar-refractivity contribution < 1.29 is 17.6 Å². The molecule has 2 rings (SSSR count). The van der Waals surface area contributed by atoms with Crippen LogP contribution in [0.15, 0.2) is 60.7 Å². The van der Waals surface area contributed by atoms with E-state index < -0.39 is 12.5 Å². The first kappa shape index (κ1) is 14.4. The van der Waals surface area contributed by atoms with Gasteiger partial charge in [0.2, 0.25) is 0 Å². The summed E-state index contributed by atoms with van der Waals surface area (Å²) in [6.07, 6.45) is -3.76. The molecule has 2 aromatic carbocycles. The third-order valence-corrected chi connectivity index (χ3v) is 2.87. The fourth-order valence-electron chi connectivity index (χ4n) is 1.86. The van der Waals surface area contributed by atoms with Gasteiger partial charge in [0.05, 0.1) is 0 Å². The highest BCUT2D eigenvalue weighted by molar-refractivity contribution is 5.48. The smallest absolute Gasteiger partial charge is 0.304 e. The van der Waals surface area contributed by atoms with Crippen LogP contribution in [0.25, 0.3) is 0 Å². The Kier molecular flexibility index (Phi) is 4.27. The van der Waals surface area contributed by atoms with Gasteiger partial charge in [-0.15, -0.1) is 0 Å². The number of anilines is 1. The number of hydrogen-bond donors (Lipinski definition) is 0. The normalized spacial score (nSPS) is 11.7. The second-order valence-corrected chi connectivity index (χ2v) is 4.30. The van der Waals surface area contributed by atoms with Crippen LogP contribution in [-0.4, -0.2) is 12.5 Å². The van der Waals surface area contributed by atoms with Crippen molar-refractivity contribution in [3.8, 4) is 0 Å². The second kappa shape index (κ2) is 5.94. The molecule has 0 aliphatic carbocycles. The first-order chi connectivity index (χ1) is 9.51. The van der Waals surface area contributed by atoms with Gasteiger partial charge in [-0.1, -0.05) is 48.5 Å². The molecule has 0 unspecified atom stereocenters. The Bertz CT molecular complexity index is 528. The summed E-state index contributed by atoms with van der Waals surface area (Å²) in [4.78, 5) is 0.424. The maximum atomic E-state index is 13.8. The molecule has 0 saturated heterocycles. The van der Waals surface area contributed by atoms with Gasteiger partial charge in [-0.25, -0.2) is 8.78 Å². The standard InChI is InChI=1S/C15H13F4N/c16-14(17)15(18,19)20(13-9-5-2-6-10-13)11-12-7-3-1-4-8-12/h1-10,14H,11H2. The molecule has 106 valence electrons. The number of para-hydroxylation sites is 1. The molecular formula is C15H13F4N. The highest BCUT2D eigenvalue weighted by Crippen LogP contribution is 2.33. The minimum atomic E-state index is -4.23. The van der Waals surface area contributed by atoms with Gasteiger partial charge in [0.25, 0.3) is 0 Å². The molecule has 0 saturated carbocycles. The van der Waals surface area contributed by atoms with E-state index in [1.807, 2.05) is 0 Å². The van der Waals surface area contributed by atoms with Gasteiger partial charge in [0.1, 0.15) is 0 Å². The topological polar surface area (TPSA) is 3.24 Å². The van der Waals surface area contributed by atoms with Crippen molar-refractivity contribution in [2.45, 2.75) is 19.0 Å². The van der Waals surface area contributed by atoms with E-state index in [4.69, 9.17) is 0 Å². The van der Waals surface area contributed by atoms with Crippen LogP contribution in [0.2, 0.25) is 0 Å². The molecule has 0 heterocycles. The van der Waals surface area contributed by atoms with Gasteiger partial charge in [0.15, 0.2) is 0 Å². The van der Waals surface area contributed by atoms with E-state index in [1.54, 1.807) is 36.4 Å². The minimum Gasteiger partial charge on any atom is -0.304 e. The van der Waals surface area contributed by atoms with E-state index in [-0.39, 0.29) is 12.2 Å². The number of halogens is 4. The van der Waals surface area contributed by atoms with Crippen LogP contribution in [0.1, 0.15) is 5.56 Å². The Morgan fingerprint density at radius 3 is 1.85 bits per heavy atom. The van der Waals surface area contributed by atoms with Gasteiger partial charge < -0.3 is 4.90 Å². The predicted molar refractivity (Wildman–Crippen MR) is 70.0 cm³/mol. The molecule has 0 radical (unpaired) electrons. The fraction of sp³-hybridized carbons (Fsp3) is 0.200. The largest absolute Gasteiger partial charge is 0.386 e. The Labute approximate surface area is 114 Å². The zero-order valence-corrected chi connectivity index (χ0v) is 10.5. The maximum absolute atomic E-state index is 13.8. The Balaban J connectivity index is 2.35. The molecule has 0 bridgehead atoms. The van der Waals surface area contributed by atoms with E-state index in [1.165, 1.54) is 24.3 Å². The molecule has 0 fully saturated rings. The quantitative estimate of drug-likeness (QED) is 0.574. The molecular weight excluding hydrogens is 270 g/mol. The molecule has 1 nitrogen and oxygen atoms in total. The molecule has 0 aromatic heterocycles. The number of rotatable bonds is 5.